The summed E-state index contributed by atoms with van der Waals surface area (Å²) in [5.41, 5.74) is -0.0706. The number of rotatable bonds is 1. The van der Waals surface area contributed by atoms with Crippen LogP contribution in [0.4, 0.5) is 0 Å². The molecule has 82 valence electrons. The lowest BCUT2D eigenvalue weighted by Crippen LogP contribution is -2.23. The van der Waals surface area contributed by atoms with Crippen LogP contribution in [0.1, 0.15) is 37.1 Å². The van der Waals surface area contributed by atoms with E-state index < -0.39 is 5.97 Å². The van der Waals surface area contributed by atoms with Gasteiger partial charge in [-0.2, -0.15) is 0 Å². The summed E-state index contributed by atoms with van der Waals surface area (Å²) in [6.45, 7) is 5.74. The van der Waals surface area contributed by atoms with Crippen LogP contribution in [0, 0.1) is 0 Å². The predicted octanol–water partition coefficient (Wildman–Crippen LogP) is 0.854. The highest BCUT2D eigenvalue weighted by atomic mass is 16.5. The summed E-state index contributed by atoms with van der Waals surface area (Å²) >= 11 is 0. The van der Waals surface area contributed by atoms with Gasteiger partial charge in [0, 0.05) is 11.5 Å². The molecule has 0 radical (unpaired) electrons. The zero-order valence-corrected chi connectivity index (χ0v) is 9.25. The molecule has 0 aliphatic carbocycles. The summed E-state index contributed by atoms with van der Waals surface area (Å²) in [6.07, 6.45) is 0. The maximum atomic E-state index is 11.3. The van der Waals surface area contributed by atoms with Crippen molar-refractivity contribution >= 4 is 5.97 Å². The first-order valence-electron chi connectivity index (χ1n) is 4.55. The molecule has 1 heterocycles. The Bertz CT molecular complexity index is 429. The molecule has 0 saturated carbocycles. The third-order valence-electron chi connectivity index (χ3n) is 1.89. The number of nitrogens with zero attached hydrogens (tertiary/aromatic N) is 1. The zero-order valence-electron chi connectivity index (χ0n) is 9.25. The van der Waals surface area contributed by atoms with Crippen molar-refractivity contribution in [3.63, 3.8) is 0 Å². The fraction of sp³-hybridized carbons (Fsp3) is 0.500. The quantitative estimate of drug-likeness (QED) is 0.697. The first kappa shape index (κ1) is 11.4. The third kappa shape index (κ3) is 2.65. The van der Waals surface area contributed by atoms with Crippen LogP contribution in [-0.4, -0.2) is 23.0 Å². The number of hydrogen-bond donors (Lipinski definition) is 1. The Balaban J connectivity index is 3.29. The molecule has 0 bridgehead atoms. The van der Waals surface area contributed by atoms with Gasteiger partial charge in [0.1, 0.15) is 0 Å². The van der Waals surface area contributed by atoms with Gasteiger partial charge in [-0.05, 0) is 0 Å². The molecule has 5 heteroatoms. The summed E-state index contributed by atoms with van der Waals surface area (Å²) in [4.78, 5) is 28.8. The summed E-state index contributed by atoms with van der Waals surface area (Å²) in [5, 5.41) is 0. The monoisotopic (exact) mass is 210 g/mol. The second-order valence-electron chi connectivity index (χ2n) is 4.22. The van der Waals surface area contributed by atoms with Crippen molar-refractivity contribution in [3.05, 3.63) is 27.9 Å². The van der Waals surface area contributed by atoms with Crippen molar-refractivity contribution in [1.29, 1.82) is 0 Å². The van der Waals surface area contributed by atoms with E-state index in [0.29, 0.717) is 5.69 Å². The fourth-order valence-corrected chi connectivity index (χ4v) is 1.04. The van der Waals surface area contributed by atoms with E-state index in [0.717, 1.165) is 0 Å². The van der Waals surface area contributed by atoms with Crippen LogP contribution in [-0.2, 0) is 10.2 Å². The highest BCUT2D eigenvalue weighted by molar-refractivity contribution is 5.84. The molecule has 0 aromatic carbocycles. The molecule has 0 aliphatic rings. The number of aromatic amines is 1. The molecular formula is C10H14N2O3. The molecule has 0 fully saturated rings. The van der Waals surface area contributed by atoms with Gasteiger partial charge < -0.3 is 9.72 Å². The van der Waals surface area contributed by atoms with Gasteiger partial charge in [-0.3, -0.25) is 4.79 Å². The van der Waals surface area contributed by atoms with Crippen molar-refractivity contribution < 1.29 is 9.53 Å². The molecule has 5 nitrogen and oxygen atoms in total. The SMILES string of the molecule is COC(=O)c1nc(C(C)(C)C)cc(=O)[nH]1. The van der Waals surface area contributed by atoms with Crippen LogP contribution < -0.4 is 5.56 Å². The summed E-state index contributed by atoms with van der Waals surface area (Å²) in [7, 11) is 1.24. The van der Waals surface area contributed by atoms with E-state index in [-0.39, 0.29) is 16.8 Å². The molecule has 0 spiro atoms. The number of esters is 1. The third-order valence-corrected chi connectivity index (χ3v) is 1.89. The van der Waals surface area contributed by atoms with Crippen LogP contribution in [0.15, 0.2) is 10.9 Å². The van der Waals surface area contributed by atoms with Gasteiger partial charge in [-0.1, -0.05) is 20.8 Å². The zero-order chi connectivity index (χ0) is 11.6. The van der Waals surface area contributed by atoms with Gasteiger partial charge in [0.25, 0.3) is 5.56 Å². The lowest BCUT2D eigenvalue weighted by atomic mass is 9.92. The molecule has 0 saturated heterocycles. The molecule has 1 aromatic rings. The average Bonchev–Trinajstić information content (AvgIpc) is 2.14. The lowest BCUT2D eigenvalue weighted by Gasteiger charge is -2.17. The van der Waals surface area contributed by atoms with E-state index in [9.17, 15) is 9.59 Å². The van der Waals surface area contributed by atoms with Crippen LogP contribution in [0.5, 0.6) is 0 Å². The molecule has 0 aliphatic heterocycles. The molecule has 15 heavy (non-hydrogen) atoms. The first-order valence-corrected chi connectivity index (χ1v) is 4.55. The minimum Gasteiger partial charge on any atom is -0.463 e. The number of aromatic nitrogens is 2. The second kappa shape index (κ2) is 3.84. The molecule has 0 unspecified atom stereocenters. The molecule has 0 atom stereocenters. The van der Waals surface area contributed by atoms with Crippen molar-refractivity contribution in [2.24, 2.45) is 0 Å². The van der Waals surface area contributed by atoms with Crippen LogP contribution in [0.2, 0.25) is 0 Å². The van der Waals surface area contributed by atoms with Gasteiger partial charge in [-0.15, -0.1) is 0 Å². The van der Waals surface area contributed by atoms with E-state index in [2.05, 4.69) is 14.7 Å². The largest absolute Gasteiger partial charge is 0.463 e. The van der Waals surface area contributed by atoms with Crippen molar-refractivity contribution in [3.8, 4) is 0 Å². The van der Waals surface area contributed by atoms with E-state index in [1.165, 1.54) is 13.2 Å². The highest BCUT2D eigenvalue weighted by Gasteiger charge is 2.19. The number of ether oxygens (including phenoxy) is 1. The van der Waals surface area contributed by atoms with Crippen LogP contribution in [0.3, 0.4) is 0 Å². The van der Waals surface area contributed by atoms with Crippen molar-refractivity contribution in [2.75, 3.05) is 7.11 Å². The number of carbonyl (C=O) groups is 1. The Kier molecular flexibility index (Phi) is 2.93. The number of hydrogen-bond acceptors (Lipinski definition) is 4. The predicted molar refractivity (Wildman–Crippen MR) is 54.9 cm³/mol. The van der Waals surface area contributed by atoms with Crippen molar-refractivity contribution in [1.82, 2.24) is 9.97 Å². The highest BCUT2D eigenvalue weighted by Crippen LogP contribution is 2.18. The standard InChI is InChI=1S/C10H14N2O3/c1-10(2,3)6-5-7(13)12-8(11-6)9(14)15-4/h5H,1-4H3,(H,11,12,13). The molecule has 1 rings (SSSR count). The van der Waals surface area contributed by atoms with E-state index in [1.807, 2.05) is 20.8 Å². The van der Waals surface area contributed by atoms with Crippen molar-refractivity contribution in [2.45, 2.75) is 26.2 Å². The van der Waals surface area contributed by atoms with E-state index in [1.54, 1.807) is 0 Å². The Labute approximate surface area is 87.5 Å². The smallest absolute Gasteiger partial charge is 0.374 e. The lowest BCUT2D eigenvalue weighted by molar-refractivity contribution is 0.0585. The molecule has 1 aromatic heterocycles. The fourth-order valence-electron chi connectivity index (χ4n) is 1.04. The average molecular weight is 210 g/mol. The number of H-pyrrole nitrogens is 1. The summed E-state index contributed by atoms with van der Waals surface area (Å²) < 4.78 is 4.49. The molecular weight excluding hydrogens is 196 g/mol. The number of carbonyl (C=O) groups excluding carboxylic acids is 1. The minimum absolute atomic E-state index is 0.0603. The summed E-state index contributed by atoms with van der Waals surface area (Å²) in [6, 6.07) is 1.38. The Morgan fingerprint density at radius 1 is 1.47 bits per heavy atom. The van der Waals surface area contributed by atoms with Gasteiger partial charge in [0.05, 0.1) is 12.8 Å². The van der Waals surface area contributed by atoms with Gasteiger partial charge in [0.2, 0.25) is 5.82 Å². The molecule has 0 amide bonds. The van der Waals surface area contributed by atoms with Gasteiger partial charge in [-0.25, -0.2) is 9.78 Å². The second-order valence-corrected chi connectivity index (χ2v) is 4.22. The van der Waals surface area contributed by atoms with Crippen LogP contribution >= 0.6 is 0 Å². The Morgan fingerprint density at radius 2 is 2.07 bits per heavy atom. The topological polar surface area (TPSA) is 72.0 Å². The maximum Gasteiger partial charge on any atom is 0.374 e. The normalized spacial score (nSPS) is 11.2. The molecule has 1 N–H and O–H groups in total. The first-order chi connectivity index (χ1) is 6.84. The van der Waals surface area contributed by atoms with Gasteiger partial charge in [0.15, 0.2) is 0 Å². The maximum absolute atomic E-state index is 11.3. The minimum atomic E-state index is -0.641. The Morgan fingerprint density at radius 3 is 2.53 bits per heavy atom. The van der Waals surface area contributed by atoms with Gasteiger partial charge >= 0.3 is 5.97 Å². The Hall–Kier alpha value is -1.65. The number of nitrogens with one attached hydrogen (secondary N) is 1. The van der Waals surface area contributed by atoms with E-state index in [4.69, 9.17) is 0 Å². The summed E-state index contributed by atoms with van der Waals surface area (Å²) in [5.74, 6) is -0.701. The number of methoxy groups -OCH3 is 1. The van der Waals surface area contributed by atoms with E-state index >= 15 is 0 Å². The van der Waals surface area contributed by atoms with Crippen LogP contribution in [0.25, 0.3) is 0 Å².